The second-order valence-electron chi connectivity index (χ2n) is 4.27. The lowest BCUT2D eigenvalue weighted by Gasteiger charge is -2.08. The molecule has 2 rings (SSSR count). The molecular formula is C16H20ClNO2. The van der Waals surface area contributed by atoms with Gasteiger partial charge in [-0.1, -0.05) is 30.3 Å². The van der Waals surface area contributed by atoms with Gasteiger partial charge in [0, 0.05) is 13.7 Å². The van der Waals surface area contributed by atoms with E-state index in [1.54, 1.807) is 7.11 Å². The number of hydrogen-bond donors (Lipinski definition) is 1. The minimum absolute atomic E-state index is 0. The summed E-state index contributed by atoms with van der Waals surface area (Å²) in [5, 5.41) is 0. The minimum Gasteiger partial charge on any atom is -0.491 e. The van der Waals surface area contributed by atoms with E-state index in [2.05, 4.69) is 18.2 Å². The molecule has 0 fully saturated rings. The summed E-state index contributed by atoms with van der Waals surface area (Å²) in [5.74, 6) is 0.854. The van der Waals surface area contributed by atoms with Crippen LogP contribution in [0.1, 0.15) is 5.56 Å². The third-order valence-electron chi connectivity index (χ3n) is 2.89. The predicted molar refractivity (Wildman–Crippen MR) is 84.4 cm³/mol. The molecule has 0 aliphatic rings. The van der Waals surface area contributed by atoms with Gasteiger partial charge in [0.25, 0.3) is 0 Å². The van der Waals surface area contributed by atoms with Gasteiger partial charge in [-0.05, 0) is 34.9 Å². The molecule has 0 saturated carbocycles. The fraction of sp³-hybridized carbons (Fsp3) is 0.250. The topological polar surface area (TPSA) is 44.5 Å². The van der Waals surface area contributed by atoms with Crippen molar-refractivity contribution in [1.82, 2.24) is 0 Å². The van der Waals surface area contributed by atoms with Crippen molar-refractivity contribution in [1.29, 1.82) is 0 Å². The van der Waals surface area contributed by atoms with Crippen molar-refractivity contribution in [3.8, 4) is 16.9 Å². The van der Waals surface area contributed by atoms with E-state index >= 15 is 0 Å². The number of nitrogens with two attached hydrogens (primary N) is 1. The molecule has 0 saturated heterocycles. The molecule has 0 heterocycles. The van der Waals surface area contributed by atoms with E-state index in [0.717, 1.165) is 22.4 Å². The van der Waals surface area contributed by atoms with Crippen LogP contribution >= 0.6 is 12.4 Å². The Hall–Kier alpha value is -1.55. The van der Waals surface area contributed by atoms with Crippen molar-refractivity contribution in [2.75, 3.05) is 20.3 Å². The normalized spacial score (nSPS) is 9.90. The molecule has 2 N–H and O–H groups in total. The van der Waals surface area contributed by atoms with E-state index < -0.39 is 0 Å². The standard InChI is InChI=1S/C16H19NO2.ClH/c1-18-8-9-19-16-7-3-6-15(11-16)14-5-2-4-13(10-14)12-17;/h2-7,10-11H,8-9,12,17H2,1H3;1H. The quantitative estimate of drug-likeness (QED) is 0.832. The third-order valence-corrected chi connectivity index (χ3v) is 2.89. The van der Waals surface area contributed by atoms with Crippen molar-refractivity contribution in [3.05, 3.63) is 54.1 Å². The molecule has 0 spiro atoms. The second-order valence-corrected chi connectivity index (χ2v) is 4.27. The summed E-state index contributed by atoms with van der Waals surface area (Å²) in [6, 6.07) is 16.3. The van der Waals surface area contributed by atoms with Crippen LogP contribution in [-0.2, 0) is 11.3 Å². The molecule has 20 heavy (non-hydrogen) atoms. The van der Waals surface area contributed by atoms with Crippen molar-refractivity contribution in [3.63, 3.8) is 0 Å². The molecule has 108 valence electrons. The van der Waals surface area contributed by atoms with E-state index in [1.165, 1.54) is 0 Å². The second kappa shape index (κ2) is 8.59. The first-order valence-electron chi connectivity index (χ1n) is 6.34. The number of halogens is 1. The van der Waals surface area contributed by atoms with E-state index in [1.807, 2.05) is 30.3 Å². The molecule has 0 amide bonds. The highest BCUT2D eigenvalue weighted by molar-refractivity contribution is 5.85. The van der Waals surface area contributed by atoms with Gasteiger partial charge < -0.3 is 15.2 Å². The lowest BCUT2D eigenvalue weighted by atomic mass is 10.0. The van der Waals surface area contributed by atoms with Gasteiger partial charge in [-0.2, -0.15) is 0 Å². The SMILES string of the molecule is COCCOc1cccc(-c2cccc(CN)c2)c1.Cl. The van der Waals surface area contributed by atoms with Gasteiger partial charge in [0.1, 0.15) is 12.4 Å². The van der Waals surface area contributed by atoms with Crippen molar-refractivity contribution in [2.45, 2.75) is 6.54 Å². The number of methoxy groups -OCH3 is 1. The zero-order valence-electron chi connectivity index (χ0n) is 11.5. The molecule has 3 nitrogen and oxygen atoms in total. The van der Waals surface area contributed by atoms with Crippen molar-refractivity contribution >= 4 is 12.4 Å². The first-order valence-corrected chi connectivity index (χ1v) is 6.34. The molecule has 0 aliphatic carbocycles. The van der Waals surface area contributed by atoms with Gasteiger partial charge in [0.2, 0.25) is 0 Å². The Kier molecular flexibility index (Phi) is 7.09. The van der Waals surface area contributed by atoms with Crippen LogP contribution in [0, 0.1) is 0 Å². The van der Waals surface area contributed by atoms with Crippen LogP contribution in [0.3, 0.4) is 0 Å². The zero-order valence-corrected chi connectivity index (χ0v) is 12.4. The third kappa shape index (κ3) is 4.53. The molecule has 2 aromatic carbocycles. The van der Waals surface area contributed by atoms with E-state index in [-0.39, 0.29) is 12.4 Å². The maximum absolute atomic E-state index is 5.67. The van der Waals surface area contributed by atoms with Crippen molar-refractivity contribution < 1.29 is 9.47 Å². The molecular weight excluding hydrogens is 274 g/mol. The predicted octanol–water partition coefficient (Wildman–Crippen LogP) is 3.26. The Morgan fingerprint density at radius 3 is 2.35 bits per heavy atom. The van der Waals surface area contributed by atoms with Gasteiger partial charge in [0.15, 0.2) is 0 Å². The summed E-state index contributed by atoms with van der Waals surface area (Å²) in [7, 11) is 1.66. The van der Waals surface area contributed by atoms with Crippen molar-refractivity contribution in [2.24, 2.45) is 5.73 Å². The maximum atomic E-state index is 5.67. The van der Waals surface area contributed by atoms with Gasteiger partial charge in [-0.15, -0.1) is 12.4 Å². The Morgan fingerprint density at radius 1 is 0.950 bits per heavy atom. The molecule has 4 heteroatoms. The van der Waals surface area contributed by atoms with Crippen LogP contribution < -0.4 is 10.5 Å². The summed E-state index contributed by atoms with van der Waals surface area (Å²) in [6.07, 6.45) is 0. The highest BCUT2D eigenvalue weighted by Gasteiger charge is 2.01. The van der Waals surface area contributed by atoms with Crippen LogP contribution in [-0.4, -0.2) is 20.3 Å². The van der Waals surface area contributed by atoms with E-state index in [0.29, 0.717) is 19.8 Å². The molecule has 0 bridgehead atoms. The molecule has 0 radical (unpaired) electrons. The van der Waals surface area contributed by atoms with E-state index in [4.69, 9.17) is 15.2 Å². The van der Waals surface area contributed by atoms with Gasteiger partial charge in [0.05, 0.1) is 6.61 Å². The smallest absolute Gasteiger partial charge is 0.120 e. The molecule has 2 aromatic rings. The first-order chi connectivity index (χ1) is 9.33. The van der Waals surface area contributed by atoms with Gasteiger partial charge in [-0.25, -0.2) is 0 Å². The largest absolute Gasteiger partial charge is 0.491 e. The fourth-order valence-corrected chi connectivity index (χ4v) is 1.89. The number of ether oxygens (including phenoxy) is 2. The van der Waals surface area contributed by atoms with Gasteiger partial charge in [-0.3, -0.25) is 0 Å². The Labute approximate surface area is 126 Å². The summed E-state index contributed by atoms with van der Waals surface area (Å²) < 4.78 is 10.6. The highest BCUT2D eigenvalue weighted by Crippen LogP contribution is 2.24. The van der Waals surface area contributed by atoms with Crippen LogP contribution in [0.5, 0.6) is 5.75 Å². The highest BCUT2D eigenvalue weighted by atomic mass is 35.5. The van der Waals surface area contributed by atoms with Crippen LogP contribution in [0.4, 0.5) is 0 Å². The van der Waals surface area contributed by atoms with Crippen LogP contribution in [0.15, 0.2) is 48.5 Å². The summed E-state index contributed by atoms with van der Waals surface area (Å²) in [6.45, 7) is 1.70. The fourth-order valence-electron chi connectivity index (χ4n) is 1.89. The molecule has 0 aliphatic heterocycles. The zero-order chi connectivity index (χ0) is 13.5. The van der Waals surface area contributed by atoms with Gasteiger partial charge >= 0.3 is 0 Å². The Balaban J connectivity index is 0.00000200. The molecule has 0 atom stereocenters. The lowest BCUT2D eigenvalue weighted by Crippen LogP contribution is -2.04. The first kappa shape index (κ1) is 16.5. The maximum Gasteiger partial charge on any atom is 0.120 e. The minimum atomic E-state index is 0. The summed E-state index contributed by atoms with van der Waals surface area (Å²) >= 11 is 0. The van der Waals surface area contributed by atoms with Crippen LogP contribution in [0.25, 0.3) is 11.1 Å². The summed E-state index contributed by atoms with van der Waals surface area (Å²) in [4.78, 5) is 0. The van der Waals surface area contributed by atoms with Crippen LogP contribution in [0.2, 0.25) is 0 Å². The molecule has 0 aromatic heterocycles. The Bertz CT molecular complexity index is 531. The number of hydrogen-bond acceptors (Lipinski definition) is 3. The number of benzene rings is 2. The molecule has 0 unspecified atom stereocenters. The number of rotatable bonds is 6. The monoisotopic (exact) mass is 293 g/mol. The lowest BCUT2D eigenvalue weighted by molar-refractivity contribution is 0.146. The average Bonchev–Trinajstić information content (AvgIpc) is 2.48. The average molecular weight is 294 g/mol. The summed E-state index contributed by atoms with van der Waals surface area (Å²) in [5.41, 5.74) is 9.08. The van der Waals surface area contributed by atoms with E-state index in [9.17, 15) is 0 Å². The Morgan fingerprint density at radius 2 is 1.65 bits per heavy atom.